The van der Waals surface area contributed by atoms with E-state index in [1.165, 1.54) is 0 Å². The van der Waals surface area contributed by atoms with Crippen molar-refractivity contribution in [3.05, 3.63) is 81.6 Å². The number of hydrogen-bond acceptors (Lipinski definition) is 4. The quantitative estimate of drug-likeness (QED) is 0.399. The number of hydrogen-bond donors (Lipinski definition) is 1. The third-order valence-electron chi connectivity index (χ3n) is 5.41. The van der Waals surface area contributed by atoms with Gasteiger partial charge in [-0.3, -0.25) is 9.10 Å². The van der Waals surface area contributed by atoms with E-state index in [0.29, 0.717) is 10.7 Å². The van der Waals surface area contributed by atoms with Crippen LogP contribution in [0.5, 0.6) is 0 Å². The zero-order valence-corrected chi connectivity index (χ0v) is 20.8. The normalized spacial score (nSPS) is 11.7. The second kappa shape index (κ2) is 9.80. The lowest BCUT2D eigenvalue weighted by Gasteiger charge is -2.22. The maximum absolute atomic E-state index is 12.5. The number of aryl methyl sites for hydroxylation is 3. The molecule has 3 aromatic rings. The highest BCUT2D eigenvalue weighted by Gasteiger charge is 2.21. The van der Waals surface area contributed by atoms with Crippen LogP contribution in [0, 0.1) is 27.7 Å². The zero-order chi connectivity index (χ0) is 24.3. The number of amides is 1. The number of nitrogens with one attached hydrogen (secondary N) is 1. The molecule has 0 aliphatic heterocycles. The summed E-state index contributed by atoms with van der Waals surface area (Å²) in [6.07, 6.45) is 2.62. The lowest BCUT2D eigenvalue weighted by molar-refractivity contribution is -0.119. The molecule has 7 nitrogen and oxygen atoms in total. The molecule has 1 aromatic heterocycles. The molecule has 0 saturated carbocycles. The summed E-state index contributed by atoms with van der Waals surface area (Å²) in [5, 5.41) is 4.71. The van der Waals surface area contributed by atoms with E-state index in [4.69, 9.17) is 11.6 Å². The maximum atomic E-state index is 12.5. The van der Waals surface area contributed by atoms with Crippen molar-refractivity contribution in [3.8, 4) is 5.69 Å². The first-order chi connectivity index (χ1) is 15.5. The Labute approximate surface area is 199 Å². The number of aromatic nitrogens is 1. The minimum atomic E-state index is -3.65. The predicted octanol–water partition coefficient (Wildman–Crippen LogP) is 4.28. The third-order valence-corrected chi connectivity index (χ3v) is 6.81. The van der Waals surface area contributed by atoms with Crippen LogP contribution in [-0.4, -0.2) is 37.9 Å². The summed E-state index contributed by atoms with van der Waals surface area (Å²) in [6, 6.07) is 14.7. The second-order valence-electron chi connectivity index (χ2n) is 7.97. The van der Waals surface area contributed by atoms with Gasteiger partial charge < -0.3 is 4.57 Å². The Morgan fingerprint density at radius 1 is 1.06 bits per heavy atom. The van der Waals surface area contributed by atoms with Gasteiger partial charge in [0.1, 0.15) is 6.54 Å². The van der Waals surface area contributed by atoms with Gasteiger partial charge in [-0.15, -0.1) is 0 Å². The molecule has 1 amide bonds. The third kappa shape index (κ3) is 5.83. The summed E-state index contributed by atoms with van der Waals surface area (Å²) in [5.74, 6) is -0.540. The number of sulfonamides is 1. The SMILES string of the molecule is Cc1ccc(N(CC(=O)N/N=C\c2cc(C)n(-c3ccc(Cl)cc3)c2C)S(C)(=O)=O)cc1C. The van der Waals surface area contributed by atoms with Crippen LogP contribution in [0.25, 0.3) is 5.69 Å². The highest BCUT2D eigenvalue weighted by molar-refractivity contribution is 7.92. The number of nitrogens with zero attached hydrogens (tertiary/aromatic N) is 3. The molecule has 3 rings (SSSR count). The largest absolute Gasteiger partial charge is 0.318 e. The lowest BCUT2D eigenvalue weighted by Crippen LogP contribution is -2.39. The van der Waals surface area contributed by atoms with Crippen LogP contribution in [0.15, 0.2) is 53.6 Å². The molecule has 174 valence electrons. The van der Waals surface area contributed by atoms with E-state index in [1.54, 1.807) is 18.3 Å². The summed E-state index contributed by atoms with van der Waals surface area (Å²) in [6.45, 7) is 7.39. The highest BCUT2D eigenvalue weighted by atomic mass is 35.5. The molecule has 0 aliphatic rings. The van der Waals surface area contributed by atoms with Gasteiger partial charge >= 0.3 is 0 Å². The summed E-state index contributed by atoms with van der Waals surface area (Å²) in [7, 11) is -3.65. The topological polar surface area (TPSA) is 83.8 Å². The summed E-state index contributed by atoms with van der Waals surface area (Å²) in [4.78, 5) is 12.5. The van der Waals surface area contributed by atoms with E-state index in [1.807, 2.05) is 64.1 Å². The molecule has 0 bridgehead atoms. The van der Waals surface area contributed by atoms with E-state index >= 15 is 0 Å². The minimum absolute atomic E-state index is 0.373. The summed E-state index contributed by atoms with van der Waals surface area (Å²) < 4.78 is 27.7. The maximum Gasteiger partial charge on any atom is 0.260 e. The van der Waals surface area contributed by atoms with Gasteiger partial charge in [0, 0.05) is 27.7 Å². The minimum Gasteiger partial charge on any atom is -0.318 e. The Morgan fingerprint density at radius 3 is 2.33 bits per heavy atom. The molecular weight excluding hydrogens is 460 g/mol. The number of benzene rings is 2. The fraction of sp³-hybridized carbons (Fsp3) is 0.250. The molecule has 33 heavy (non-hydrogen) atoms. The average molecular weight is 487 g/mol. The van der Waals surface area contributed by atoms with Gasteiger partial charge in [0.2, 0.25) is 10.0 Å². The fourth-order valence-electron chi connectivity index (χ4n) is 3.53. The van der Waals surface area contributed by atoms with Crippen LogP contribution >= 0.6 is 11.6 Å². The van der Waals surface area contributed by atoms with Crippen molar-refractivity contribution >= 4 is 39.4 Å². The van der Waals surface area contributed by atoms with Crippen molar-refractivity contribution in [2.24, 2.45) is 5.10 Å². The molecule has 1 N–H and O–H groups in total. The first-order valence-electron chi connectivity index (χ1n) is 10.3. The molecule has 0 atom stereocenters. The Kier molecular flexibility index (Phi) is 7.29. The summed E-state index contributed by atoms with van der Waals surface area (Å²) >= 11 is 5.99. The van der Waals surface area contributed by atoms with Crippen molar-refractivity contribution < 1.29 is 13.2 Å². The molecule has 0 saturated heterocycles. The van der Waals surface area contributed by atoms with Crippen molar-refractivity contribution in [1.29, 1.82) is 0 Å². The van der Waals surface area contributed by atoms with Crippen molar-refractivity contribution in [2.45, 2.75) is 27.7 Å². The average Bonchev–Trinajstić information content (AvgIpc) is 3.01. The Morgan fingerprint density at radius 2 is 1.73 bits per heavy atom. The molecular formula is C24H27ClN4O3S. The molecule has 0 spiro atoms. The molecule has 0 radical (unpaired) electrons. The molecule has 1 heterocycles. The van der Waals surface area contributed by atoms with Gasteiger partial charge in [0.05, 0.1) is 18.2 Å². The standard InChI is InChI=1S/C24H27ClN4O3S/c1-16-6-9-23(12-17(16)2)28(33(5,31)32)15-24(30)27-26-14-20-13-18(3)29(19(20)4)22-10-7-21(25)8-11-22/h6-14H,15H2,1-5H3,(H,27,30)/b26-14-. The van der Waals surface area contributed by atoms with E-state index in [2.05, 4.69) is 15.1 Å². The van der Waals surface area contributed by atoms with Crippen molar-refractivity contribution in [1.82, 2.24) is 9.99 Å². The fourth-order valence-corrected chi connectivity index (χ4v) is 4.50. The smallest absolute Gasteiger partial charge is 0.260 e. The van der Waals surface area contributed by atoms with E-state index in [9.17, 15) is 13.2 Å². The second-order valence-corrected chi connectivity index (χ2v) is 10.3. The number of anilines is 1. The predicted molar refractivity (Wildman–Crippen MR) is 134 cm³/mol. The molecule has 0 unspecified atom stereocenters. The molecule has 9 heteroatoms. The van der Waals surface area contributed by atoms with Gasteiger partial charge in [-0.25, -0.2) is 13.8 Å². The Bertz CT molecular complexity index is 1310. The zero-order valence-electron chi connectivity index (χ0n) is 19.3. The van der Waals surface area contributed by atoms with Crippen LogP contribution in [-0.2, 0) is 14.8 Å². The van der Waals surface area contributed by atoms with Crippen LogP contribution in [0.3, 0.4) is 0 Å². The number of hydrazone groups is 1. The van der Waals surface area contributed by atoms with Crippen LogP contribution in [0.1, 0.15) is 28.1 Å². The van der Waals surface area contributed by atoms with Gasteiger partial charge in [0.15, 0.2) is 0 Å². The van der Waals surface area contributed by atoms with Gasteiger partial charge in [0.25, 0.3) is 5.91 Å². The lowest BCUT2D eigenvalue weighted by atomic mass is 10.1. The van der Waals surface area contributed by atoms with Gasteiger partial charge in [-0.05, 0) is 81.3 Å². The first-order valence-corrected chi connectivity index (χ1v) is 12.5. The van der Waals surface area contributed by atoms with Crippen molar-refractivity contribution in [2.75, 3.05) is 17.1 Å². The monoisotopic (exact) mass is 486 g/mol. The molecule has 2 aromatic carbocycles. The van der Waals surface area contributed by atoms with Gasteiger partial charge in [-0.2, -0.15) is 5.10 Å². The van der Waals surface area contributed by atoms with Crippen LogP contribution < -0.4 is 9.73 Å². The molecule has 0 fully saturated rings. The first kappa shape index (κ1) is 24.5. The highest BCUT2D eigenvalue weighted by Crippen LogP contribution is 2.22. The van der Waals surface area contributed by atoms with E-state index in [-0.39, 0.29) is 6.54 Å². The number of carbonyl (C=O) groups is 1. The summed E-state index contributed by atoms with van der Waals surface area (Å²) in [5.41, 5.74) is 8.59. The van der Waals surface area contributed by atoms with Crippen LogP contribution in [0.2, 0.25) is 5.02 Å². The van der Waals surface area contributed by atoms with E-state index in [0.717, 1.165) is 44.3 Å². The number of halogens is 1. The van der Waals surface area contributed by atoms with Gasteiger partial charge in [-0.1, -0.05) is 17.7 Å². The molecule has 0 aliphatic carbocycles. The van der Waals surface area contributed by atoms with Crippen LogP contribution in [0.4, 0.5) is 5.69 Å². The number of carbonyl (C=O) groups excluding carboxylic acids is 1. The Hall–Kier alpha value is -3.10. The van der Waals surface area contributed by atoms with Crippen molar-refractivity contribution in [3.63, 3.8) is 0 Å². The Balaban J connectivity index is 1.74. The number of rotatable bonds is 7. The van der Waals surface area contributed by atoms with E-state index < -0.39 is 15.9 Å².